The fraction of sp³-hybridized carbons (Fsp3) is 0.500. The van der Waals surface area contributed by atoms with Gasteiger partial charge in [0.05, 0.1) is 10.7 Å². The summed E-state index contributed by atoms with van der Waals surface area (Å²) in [6.45, 7) is 3.33. The van der Waals surface area contributed by atoms with Gasteiger partial charge >= 0.3 is 0 Å². The average molecular weight is 257 g/mol. The first-order chi connectivity index (χ1) is 7.75. The van der Waals surface area contributed by atoms with Crippen LogP contribution in [0.3, 0.4) is 0 Å². The lowest BCUT2D eigenvalue weighted by atomic mass is 10.1. The van der Waals surface area contributed by atoms with Gasteiger partial charge < -0.3 is 10.2 Å². The van der Waals surface area contributed by atoms with Gasteiger partial charge in [-0.2, -0.15) is 0 Å². The molecule has 2 fully saturated rings. The maximum Gasteiger partial charge on any atom is 0.0654 e. The molecule has 2 nitrogen and oxygen atoms in total. The van der Waals surface area contributed by atoms with E-state index in [1.807, 2.05) is 18.2 Å². The molecule has 86 valence electrons. The van der Waals surface area contributed by atoms with Crippen LogP contribution in [0.15, 0.2) is 18.2 Å². The first-order valence-electron chi connectivity index (χ1n) is 5.68. The van der Waals surface area contributed by atoms with Gasteiger partial charge in [-0.05, 0) is 30.5 Å². The first kappa shape index (κ1) is 10.7. The van der Waals surface area contributed by atoms with Gasteiger partial charge in [0.2, 0.25) is 0 Å². The molecule has 2 unspecified atom stereocenters. The Hall–Kier alpha value is -0.440. The van der Waals surface area contributed by atoms with Gasteiger partial charge in [-0.25, -0.2) is 0 Å². The number of hydrogen-bond donors (Lipinski definition) is 1. The zero-order valence-electron chi connectivity index (χ0n) is 8.92. The second-order valence-electron chi connectivity index (χ2n) is 4.56. The average Bonchev–Trinajstić information content (AvgIpc) is 2.80. The molecule has 2 heterocycles. The predicted molar refractivity (Wildman–Crippen MR) is 68.6 cm³/mol. The molecule has 2 saturated heterocycles. The second kappa shape index (κ2) is 4.10. The Morgan fingerprint density at radius 3 is 2.94 bits per heavy atom. The number of halogens is 2. The summed E-state index contributed by atoms with van der Waals surface area (Å²) in [7, 11) is 0. The minimum absolute atomic E-state index is 0.610. The third-order valence-electron chi connectivity index (χ3n) is 3.66. The molecule has 0 spiro atoms. The quantitative estimate of drug-likeness (QED) is 0.832. The molecule has 1 N–H and O–H groups in total. The number of hydrogen-bond acceptors (Lipinski definition) is 2. The van der Waals surface area contributed by atoms with E-state index in [0.29, 0.717) is 11.1 Å². The van der Waals surface area contributed by atoms with Gasteiger partial charge in [-0.1, -0.05) is 23.2 Å². The highest BCUT2D eigenvalue weighted by molar-refractivity contribution is 6.36. The molecule has 2 aliphatic heterocycles. The number of rotatable bonds is 1. The van der Waals surface area contributed by atoms with Gasteiger partial charge in [0.1, 0.15) is 0 Å². The second-order valence-corrected chi connectivity index (χ2v) is 5.41. The summed E-state index contributed by atoms with van der Waals surface area (Å²) in [5.41, 5.74) is 1.13. The van der Waals surface area contributed by atoms with E-state index < -0.39 is 0 Å². The summed E-state index contributed by atoms with van der Waals surface area (Å²) in [6, 6.07) is 6.39. The Kier molecular flexibility index (Phi) is 2.74. The molecule has 0 aliphatic carbocycles. The maximum absolute atomic E-state index is 6.25. The van der Waals surface area contributed by atoms with Crippen molar-refractivity contribution in [2.24, 2.45) is 5.92 Å². The van der Waals surface area contributed by atoms with Crippen LogP contribution < -0.4 is 10.2 Å². The Morgan fingerprint density at radius 1 is 1.25 bits per heavy atom. The van der Waals surface area contributed by atoms with Gasteiger partial charge in [-0.15, -0.1) is 0 Å². The highest BCUT2D eigenvalue weighted by Crippen LogP contribution is 2.36. The summed E-state index contributed by atoms with van der Waals surface area (Å²) in [5, 5.41) is 4.91. The van der Waals surface area contributed by atoms with Crippen LogP contribution in [0.2, 0.25) is 10.0 Å². The SMILES string of the molecule is Clc1ccc(N2CCC3CNCC32)c(Cl)c1. The fourth-order valence-electron chi connectivity index (χ4n) is 2.86. The maximum atomic E-state index is 6.25. The third-order valence-corrected chi connectivity index (χ3v) is 4.20. The molecule has 0 aromatic heterocycles. The van der Waals surface area contributed by atoms with Crippen molar-refractivity contribution >= 4 is 28.9 Å². The summed E-state index contributed by atoms with van der Waals surface area (Å²) in [6.07, 6.45) is 1.26. The van der Waals surface area contributed by atoms with Crippen molar-refractivity contribution in [3.8, 4) is 0 Å². The Balaban J connectivity index is 1.92. The van der Waals surface area contributed by atoms with Crippen LogP contribution in [0.1, 0.15) is 6.42 Å². The minimum atomic E-state index is 0.610. The summed E-state index contributed by atoms with van der Waals surface area (Å²) in [5.74, 6) is 0.784. The monoisotopic (exact) mass is 256 g/mol. The van der Waals surface area contributed by atoms with E-state index in [0.717, 1.165) is 36.3 Å². The summed E-state index contributed by atoms with van der Waals surface area (Å²) < 4.78 is 0. The van der Waals surface area contributed by atoms with Crippen LogP contribution in [0.5, 0.6) is 0 Å². The number of nitrogens with one attached hydrogen (secondary N) is 1. The summed E-state index contributed by atoms with van der Waals surface area (Å²) >= 11 is 12.2. The molecule has 1 aromatic carbocycles. The van der Waals surface area contributed by atoms with Crippen molar-refractivity contribution in [2.45, 2.75) is 12.5 Å². The molecule has 0 saturated carbocycles. The molecule has 0 radical (unpaired) electrons. The van der Waals surface area contributed by atoms with Crippen molar-refractivity contribution in [1.82, 2.24) is 5.32 Å². The molecular formula is C12H14Cl2N2. The number of fused-ring (bicyclic) bond motifs is 1. The Morgan fingerprint density at radius 2 is 2.12 bits per heavy atom. The van der Waals surface area contributed by atoms with Gasteiger partial charge in [0, 0.05) is 30.7 Å². The molecule has 3 rings (SSSR count). The Bertz CT molecular complexity index is 408. The van der Waals surface area contributed by atoms with E-state index in [4.69, 9.17) is 23.2 Å². The number of benzene rings is 1. The normalized spacial score (nSPS) is 28.5. The fourth-order valence-corrected chi connectivity index (χ4v) is 3.38. The zero-order valence-corrected chi connectivity index (χ0v) is 10.4. The Labute approximate surface area is 106 Å². The molecule has 4 heteroatoms. The lowest BCUT2D eigenvalue weighted by molar-refractivity contribution is 0.579. The van der Waals surface area contributed by atoms with Crippen LogP contribution in [-0.2, 0) is 0 Å². The smallest absolute Gasteiger partial charge is 0.0654 e. The van der Waals surface area contributed by atoms with Crippen molar-refractivity contribution in [1.29, 1.82) is 0 Å². The molecule has 2 aliphatic rings. The van der Waals surface area contributed by atoms with Gasteiger partial charge in [-0.3, -0.25) is 0 Å². The number of anilines is 1. The van der Waals surface area contributed by atoms with Crippen LogP contribution in [-0.4, -0.2) is 25.7 Å². The topological polar surface area (TPSA) is 15.3 Å². The predicted octanol–water partition coefficient (Wildman–Crippen LogP) is 2.79. The zero-order chi connectivity index (χ0) is 11.1. The highest BCUT2D eigenvalue weighted by Gasteiger charge is 2.38. The van der Waals surface area contributed by atoms with E-state index in [9.17, 15) is 0 Å². The third kappa shape index (κ3) is 1.69. The molecule has 0 bridgehead atoms. The number of nitrogens with zero attached hydrogens (tertiary/aromatic N) is 1. The standard InChI is InChI=1S/C12H14Cl2N2/c13-9-1-2-11(10(14)5-9)16-4-3-8-6-15-7-12(8)16/h1-2,5,8,12,15H,3-4,6-7H2. The van der Waals surface area contributed by atoms with E-state index in [1.165, 1.54) is 6.42 Å². The van der Waals surface area contributed by atoms with Crippen LogP contribution in [0.25, 0.3) is 0 Å². The van der Waals surface area contributed by atoms with Crippen molar-refractivity contribution < 1.29 is 0 Å². The lowest BCUT2D eigenvalue weighted by Gasteiger charge is -2.26. The van der Waals surface area contributed by atoms with Crippen LogP contribution in [0, 0.1) is 5.92 Å². The van der Waals surface area contributed by atoms with Crippen LogP contribution in [0.4, 0.5) is 5.69 Å². The largest absolute Gasteiger partial charge is 0.366 e. The van der Waals surface area contributed by atoms with Gasteiger partial charge in [0.15, 0.2) is 0 Å². The first-order valence-corrected chi connectivity index (χ1v) is 6.44. The molecule has 2 atom stereocenters. The summed E-state index contributed by atoms with van der Waals surface area (Å²) in [4.78, 5) is 2.42. The van der Waals surface area contributed by atoms with E-state index in [-0.39, 0.29) is 0 Å². The molecule has 0 amide bonds. The highest BCUT2D eigenvalue weighted by atomic mass is 35.5. The van der Waals surface area contributed by atoms with E-state index in [2.05, 4.69) is 10.2 Å². The molecule has 1 aromatic rings. The van der Waals surface area contributed by atoms with Crippen LogP contribution >= 0.6 is 23.2 Å². The van der Waals surface area contributed by atoms with E-state index >= 15 is 0 Å². The molecular weight excluding hydrogens is 243 g/mol. The minimum Gasteiger partial charge on any atom is -0.366 e. The van der Waals surface area contributed by atoms with Crippen molar-refractivity contribution in [2.75, 3.05) is 24.5 Å². The van der Waals surface area contributed by atoms with Gasteiger partial charge in [0.25, 0.3) is 0 Å². The van der Waals surface area contributed by atoms with Crippen molar-refractivity contribution in [3.05, 3.63) is 28.2 Å². The lowest BCUT2D eigenvalue weighted by Crippen LogP contribution is -2.34. The van der Waals surface area contributed by atoms with Crippen molar-refractivity contribution in [3.63, 3.8) is 0 Å². The molecule has 16 heavy (non-hydrogen) atoms. The van der Waals surface area contributed by atoms with E-state index in [1.54, 1.807) is 0 Å².